The van der Waals surface area contributed by atoms with Crippen LogP contribution in [0.15, 0.2) is 23.1 Å². The highest BCUT2D eigenvalue weighted by atomic mass is 32.2. The van der Waals surface area contributed by atoms with E-state index in [4.69, 9.17) is 4.74 Å². The molecule has 3 rings (SSSR count). The Labute approximate surface area is 162 Å². The van der Waals surface area contributed by atoms with Gasteiger partial charge in [0.25, 0.3) is 5.91 Å². The van der Waals surface area contributed by atoms with E-state index in [9.17, 15) is 13.2 Å². The molecule has 2 aliphatic rings. The summed E-state index contributed by atoms with van der Waals surface area (Å²) in [4.78, 5) is 15.2. The number of sulfonamides is 1. The first kappa shape index (κ1) is 20.3. The first-order chi connectivity index (χ1) is 12.6. The van der Waals surface area contributed by atoms with Gasteiger partial charge in [0.15, 0.2) is 0 Å². The van der Waals surface area contributed by atoms with Crippen LogP contribution >= 0.6 is 0 Å². The highest BCUT2D eigenvalue weighted by molar-refractivity contribution is 7.89. The number of morpholine rings is 1. The molecule has 27 heavy (non-hydrogen) atoms. The van der Waals surface area contributed by atoms with Gasteiger partial charge >= 0.3 is 0 Å². The Morgan fingerprint density at radius 1 is 1.19 bits per heavy atom. The third-order valence-electron chi connectivity index (χ3n) is 5.25. The van der Waals surface area contributed by atoms with Gasteiger partial charge < -0.3 is 9.64 Å². The van der Waals surface area contributed by atoms with E-state index < -0.39 is 15.6 Å². The molecule has 1 amide bonds. The fraction of sp³-hybridized carbons (Fsp3) is 0.650. The van der Waals surface area contributed by atoms with Crippen molar-refractivity contribution >= 4 is 15.9 Å². The molecule has 2 saturated heterocycles. The smallest absolute Gasteiger partial charge is 0.254 e. The molecule has 2 aliphatic heterocycles. The van der Waals surface area contributed by atoms with Crippen LogP contribution in [0.4, 0.5) is 0 Å². The number of nitrogens with zero attached hydrogens (tertiary/aromatic N) is 2. The van der Waals surface area contributed by atoms with Crippen LogP contribution in [0.3, 0.4) is 0 Å². The molecule has 2 heterocycles. The molecular weight excluding hydrogens is 364 g/mol. The summed E-state index contributed by atoms with van der Waals surface area (Å²) in [5.74, 6) is -0.133. The molecule has 0 aliphatic carbocycles. The highest BCUT2D eigenvalue weighted by Crippen LogP contribution is 2.26. The minimum atomic E-state index is -3.56. The minimum Gasteiger partial charge on any atom is -0.369 e. The SMILES string of the molecule is Cc1ccc(S(=O)(=O)N2CCCCC2)cc1C(=O)N1CC(C)OC(C)(C)C1. The minimum absolute atomic E-state index is 0.0572. The summed E-state index contributed by atoms with van der Waals surface area (Å²) in [6, 6.07) is 4.90. The second kappa shape index (κ2) is 7.53. The zero-order valence-electron chi connectivity index (χ0n) is 16.7. The van der Waals surface area contributed by atoms with Crippen LogP contribution in [0, 0.1) is 6.92 Å². The van der Waals surface area contributed by atoms with Gasteiger partial charge in [-0.25, -0.2) is 8.42 Å². The van der Waals surface area contributed by atoms with Crippen molar-refractivity contribution in [2.24, 2.45) is 0 Å². The average molecular weight is 395 g/mol. The molecule has 1 aromatic rings. The average Bonchev–Trinajstić information content (AvgIpc) is 2.60. The number of amides is 1. The van der Waals surface area contributed by atoms with Gasteiger partial charge in [0.1, 0.15) is 0 Å². The predicted octanol–water partition coefficient (Wildman–Crippen LogP) is 2.81. The maximum Gasteiger partial charge on any atom is 0.254 e. The lowest BCUT2D eigenvalue weighted by Gasteiger charge is -2.41. The Kier molecular flexibility index (Phi) is 5.66. The first-order valence-corrected chi connectivity index (χ1v) is 11.1. The van der Waals surface area contributed by atoms with Crippen molar-refractivity contribution in [3.8, 4) is 0 Å². The quantitative estimate of drug-likeness (QED) is 0.791. The van der Waals surface area contributed by atoms with Crippen LogP contribution in [0.1, 0.15) is 56.0 Å². The number of carbonyl (C=O) groups is 1. The van der Waals surface area contributed by atoms with Gasteiger partial charge in [-0.05, 0) is 58.2 Å². The van der Waals surface area contributed by atoms with Gasteiger partial charge in [0.05, 0.1) is 16.6 Å². The van der Waals surface area contributed by atoms with Crippen LogP contribution in [0.5, 0.6) is 0 Å². The fourth-order valence-corrected chi connectivity index (χ4v) is 5.57. The topological polar surface area (TPSA) is 66.9 Å². The van der Waals surface area contributed by atoms with Gasteiger partial charge in [0.2, 0.25) is 10.0 Å². The second-order valence-corrected chi connectivity index (χ2v) is 10.3. The molecule has 1 unspecified atom stereocenters. The Bertz CT molecular complexity index is 813. The zero-order chi connectivity index (χ0) is 19.8. The van der Waals surface area contributed by atoms with Crippen LogP contribution < -0.4 is 0 Å². The van der Waals surface area contributed by atoms with Gasteiger partial charge in [0, 0.05) is 31.7 Å². The standard InChI is InChI=1S/C20H30N2O4S/c1-15-8-9-17(27(24,25)22-10-6-5-7-11-22)12-18(15)19(23)21-13-16(2)26-20(3,4)14-21/h8-9,12,16H,5-7,10-11,13-14H2,1-4H3. The zero-order valence-corrected chi connectivity index (χ0v) is 17.5. The highest BCUT2D eigenvalue weighted by Gasteiger charge is 2.35. The Morgan fingerprint density at radius 2 is 1.85 bits per heavy atom. The Morgan fingerprint density at radius 3 is 2.48 bits per heavy atom. The first-order valence-electron chi connectivity index (χ1n) is 9.68. The van der Waals surface area contributed by atoms with Gasteiger partial charge in [-0.3, -0.25) is 4.79 Å². The van der Waals surface area contributed by atoms with E-state index in [2.05, 4.69) is 0 Å². The molecule has 0 saturated carbocycles. The number of ether oxygens (including phenoxy) is 1. The number of rotatable bonds is 3. The summed E-state index contributed by atoms with van der Waals surface area (Å²) in [6.45, 7) is 9.82. The molecule has 7 heteroatoms. The summed E-state index contributed by atoms with van der Waals surface area (Å²) < 4.78 is 33.4. The lowest BCUT2D eigenvalue weighted by atomic mass is 10.0. The van der Waals surface area contributed by atoms with E-state index in [-0.39, 0.29) is 16.9 Å². The van der Waals surface area contributed by atoms with E-state index in [1.54, 1.807) is 23.1 Å². The van der Waals surface area contributed by atoms with Gasteiger partial charge in [-0.15, -0.1) is 0 Å². The molecule has 0 spiro atoms. The molecule has 0 radical (unpaired) electrons. The predicted molar refractivity (Wildman–Crippen MR) is 104 cm³/mol. The summed E-state index contributed by atoms with van der Waals surface area (Å²) in [5.41, 5.74) is 0.825. The lowest BCUT2D eigenvalue weighted by Crippen LogP contribution is -2.53. The van der Waals surface area contributed by atoms with Crippen molar-refractivity contribution in [3.63, 3.8) is 0 Å². The third kappa shape index (κ3) is 4.36. The van der Waals surface area contributed by atoms with E-state index >= 15 is 0 Å². The van der Waals surface area contributed by atoms with Crippen molar-refractivity contribution in [1.82, 2.24) is 9.21 Å². The summed E-state index contributed by atoms with van der Waals surface area (Å²) in [6.07, 6.45) is 2.78. The van der Waals surface area contributed by atoms with Crippen molar-refractivity contribution in [1.29, 1.82) is 0 Å². The van der Waals surface area contributed by atoms with E-state index in [1.165, 1.54) is 4.31 Å². The van der Waals surface area contributed by atoms with Gasteiger partial charge in [-0.1, -0.05) is 12.5 Å². The van der Waals surface area contributed by atoms with Crippen molar-refractivity contribution in [2.45, 2.75) is 63.6 Å². The number of aryl methyl sites for hydroxylation is 1. The number of carbonyl (C=O) groups excluding carboxylic acids is 1. The summed E-state index contributed by atoms with van der Waals surface area (Å²) in [7, 11) is -3.56. The third-order valence-corrected chi connectivity index (χ3v) is 7.14. The molecule has 150 valence electrons. The molecule has 0 aromatic heterocycles. The summed E-state index contributed by atoms with van der Waals surface area (Å²) in [5, 5.41) is 0. The Balaban J connectivity index is 1.90. The number of benzene rings is 1. The second-order valence-electron chi connectivity index (χ2n) is 8.32. The van der Waals surface area contributed by atoms with E-state index in [0.29, 0.717) is 31.7 Å². The fourth-order valence-electron chi connectivity index (χ4n) is 4.03. The van der Waals surface area contributed by atoms with Crippen LogP contribution in [0.2, 0.25) is 0 Å². The van der Waals surface area contributed by atoms with Crippen LogP contribution in [-0.4, -0.2) is 61.4 Å². The van der Waals surface area contributed by atoms with Crippen molar-refractivity contribution in [3.05, 3.63) is 29.3 Å². The summed E-state index contributed by atoms with van der Waals surface area (Å²) >= 11 is 0. The van der Waals surface area contributed by atoms with Crippen LogP contribution in [-0.2, 0) is 14.8 Å². The molecule has 0 bridgehead atoms. The van der Waals surface area contributed by atoms with Gasteiger partial charge in [-0.2, -0.15) is 4.31 Å². The van der Waals surface area contributed by atoms with Crippen molar-refractivity contribution in [2.75, 3.05) is 26.2 Å². The van der Waals surface area contributed by atoms with Crippen molar-refractivity contribution < 1.29 is 17.9 Å². The molecular formula is C20H30N2O4S. The lowest BCUT2D eigenvalue weighted by molar-refractivity contribution is -0.118. The van der Waals surface area contributed by atoms with E-state index in [0.717, 1.165) is 24.8 Å². The normalized spacial score (nSPS) is 24.0. The molecule has 2 fully saturated rings. The molecule has 0 N–H and O–H groups in total. The number of hydrogen-bond acceptors (Lipinski definition) is 4. The maximum absolute atomic E-state index is 13.2. The Hall–Kier alpha value is -1.44. The number of hydrogen-bond donors (Lipinski definition) is 0. The largest absolute Gasteiger partial charge is 0.369 e. The van der Waals surface area contributed by atoms with E-state index in [1.807, 2.05) is 27.7 Å². The monoisotopic (exact) mass is 394 g/mol. The molecule has 1 aromatic carbocycles. The molecule has 6 nitrogen and oxygen atoms in total. The molecule has 1 atom stereocenters. The van der Waals surface area contributed by atoms with Crippen LogP contribution in [0.25, 0.3) is 0 Å². The maximum atomic E-state index is 13.2. The number of piperidine rings is 1.